The Morgan fingerprint density at radius 1 is 1.25 bits per heavy atom. The van der Waals surface area contributed by atoms with Crippen molar-refractivity contribution < 1.29 is 18.5 Å². The molecule has 7 heteroatoms. The van der Waals surface area contributed by atoms with Gasteiger partial charge >= 0.3 is 7.60 Å². The Morgan fingerprint density at radius 2 is 1.90 bits per heavy atom. The van der Waals surface area contributed by atoms with Crippen molar-refractivity contribution in [2.45, 2.75) is 38.2 Å². The number of para-hydroxylation sites is 1. The van der Waals surface area contributed by atoms with Gasteiger partial charge in [0.2, 0.25) is 0 Å². The van der Waals surface area contributed by atoms with Crippen LogP contribution in [0.25, 0.3) is 0 Å². The van der Waals surface area contributed by atoms with Gasteiger partial charge in [-0.15, -0.1) is 0 Å². The van der Waals surface area contributed by atoms with Crippen molar-refractivity contribution in [3.63, 3.8) is 0 Å². The van der Waals surface area contributed by atoms with Gasteiger partial charge in [0.15, 0.2) is 0 Å². The molecule has 1 aromatic carbocycles. The lowest BCUT2D eigenvalue weighted by atomic mass is 9.98. The van der Waals surface area contributed by atoms with Gasteiger partial charge in [-0.25, -0.2) is 0 Å². The minimum absolute atomic E-state index is 0.0260. The molecular weight excluding hydrogens is 281 g/mol. The van der Waals surface area contributed by atoms with Gasteiger partial charge in [-0.3, -0.25) is 14.7 Å². The second kappa shape index (κ2) is 6.48. The van der Waals surface area contributed by atoms with E-state index >= 15 is 0 Å². The lowest BCUT2D eigenvalue weighted by Crippen LogP contribution is -2.21. The lowest BCUT2D eigenvalue weighted by molar-refractivity contribution is -0.383. The van der Waals surface area contributed by atoms with Gasteiger partial charge in [0, 0.05) is 13.2 Å². The Morgan fingerprint density at radius 3 is 2.50 bits per heavy atom. The number of nitro benzene ring substituents is 1. The molecule has 0 aromatic heterocycles. The average molecular weight is 299 g/mol. The summed E-state index contributed by atoms with van der Waals surface area (Å²) in [5, 5.41) is 11.1. The highest BCUT2D eigenvalue weighted by molar-refractivity contribution is 7.62. The van der Waals surface area contributed by atoms with Gasteiger partial charge in [0.1, 0.15) is 5.30 Å². The highest BCUT2D eigenvalue weighted by Gasteiger charge is 2.36. The molecule has 1 aliphatic carbocycles. The molecule has 2 rings (SSSR count). The largest absolute Gasteiger partial charge is 0.368 e. The third-order valence-corrected chi connectivity index (χ3v) is 5.48. The van der Waals surface area contributed by atoms with E-state index in [-0.39, 0.29) is 17.1 Å². The molecule has 1 aromatic rings. The summed E-state index contributed by atoms with van der Waals surface area (Å²) in [6.07, 6.45) is 4.65. The third-order valence-electron chi connectivity index (χ3n) is 3.45. The Balaban J connectivity index is 2.30. The fourth-order valence-corrected chi connectivity index (χ4v) is 4.12. The normalized spacial score (nSPS) is 19.4. The Hall–Kier alpha value is -1.23. The predicted molar refractivity (Wildman–Crippen MR) is 75.3 cm³/mol. The van der Waals surface area contributed by atoms with Crippen LogP contribution in [0, 0.1) is 10.1 Å². The molecule has 0 bridgehead atoms. The summed E-state index contributed by atoms with van der Waals surface area (Å²) in [7, 11) is -2.39. The minimum atomic E-state index is -3.65. The van der Waals surface area contributed by atoms with Gasteiger partial charge in [-0.2, -0.15) is 0 Å². The van der Waals surface area contributed by atoms with Crippen LogP contribution >= 0.6 is 7.60 Å². The zero-order valence-electron chi connectivity index (χ0n) is 11.4. The minimum Gasteiger partial charge on any atom is -0.308 e. The van der Waals surface area contributed by atoms with Gasteiger partial charge in [0.25, 0.3) is 5.69 Å². The number of nitro groups is 1. The number of hydrogen-bond donors (Lipinski definition) is 0. The van der Waals surface area contributed by atoms with E-state index in [1.807, 2.05) is 0 Å². The van der Waals surface area contributed by atoms with E-state index in [0.717, 1.165) is 32.1 Å². The molecule has 0 saturated heterocycles. The van der Waals surface area contributed by atoms with Crippen molar-refractivity contribution in [2.24, 2.45) is 0 Å². The van der Waals surface area contributed by atoms with Crippen molar-refractivity contribution in [2.75, 3.05) is 7.11 Å². The van der Waals surface area contributed by atoms with E-state index in [4.69, 9.17) is 9.05 Å². The summed E-state index contributed by atoms with van der Waals surface area (Å²) >= 11 is 0. The van der Waals surface area contributed by atoms with E-state index in [2.05, 4.69) is 0 Å². The van der Waals surface area contributed by atoms with Crippen LogP contribution in [-0.4, -0.2) is 18.1 Å². The first-order valence-corrected chi connectivity index (χ1v) is 8.19. The molecule has 1 saturated carbocycles. The number of benzene rings is 1. The van der Waals surface area contributed by atoms with Crippen molar-refractivity contribution in [3.05, 3.63) is 34.4 Å². The zero-order chi connectivity index (χ0) is 14.6. The highest BCUT2D eigenvalue weighted by Crippen LogP contribution is 2.51. The van der Waals surface area contributed by atoms with Crippen molar-refractivity contribution in [1.29, 1.82) is 0 Å². The molecule has 1 aliphatic rings. The van der Waals surface area contributed by atoms with Crippen LogP contribution in [0.1, 0.15) is 32.1 Å². The van der Waals surface area contributed by atoms with Gasteiger partial charge in [0.05, 0.1) is 11.0 Å². The summed E-state index contributed by atoms with van der Waals surface area (Å²) in [6, 6.07) is 5.87. The topological polar surface area (TPSA) is 78.7 Å². The lowest BCUT2D eigenvalue weighted by Gasteiger charge is -2.26. The standard InChI is InChI=1S/C13H18NO5P/c1-18-20(17,19-11-7-3-2-4-8-11)13-10-6-5-9-12(13)14(15)16/h5-6,9-11H,2-4,7-8H2,1H3. The van der Waals surface area contributed by atoms with Crippen molar-refractivity contribution in [1.82, 2.24) is 0 Å². The summed E-state index contributed by atoms with van der Waals surface area (Å²) in [5.74, 6) is 0. The number of nitrogens with zero attached hydrogens (tertiary/aromatic N) is 1. The summed E-state index contributed by atoms with van der Waals surface area (Å²) in [6.45, 7) is 0. The predicted octanol–water partition coefficient (Wildman–Crippen LogP) is 3.41. The summed E-state index contributed by atoms with van der Waals surface area (Å²) in [4.78, 5) is 10.5. The molecule has 1 atom stereocenters. The SMILES string of the molecule is COP(=O)(OC1CCCCC1)c1ccccc1[N+](=O)[O-]. The quantitative estimate of drug-likeness (QED) is 0.473. The first-order valence-electron chi connectivity index (χ1n) is 6.65. The van der Waals surface area contributed by atoms with Gasteiger partial charge < -0.3 is 9.05 Å². The molecule has 110 valence electrons. The first kappa shape index (κ1) is 15.2. The van der Waals surface area contributed by atoms with Crippen LogP contribution in [0.4, 0.5) is 5.69 Å². The van der Waals surface area contributed by atoms with Crippen LogP contribution < -0.4 is 5.30 Å². The smallest absolute Gasteiger partial charge is 0.308 e. The summed E-state index contributed by atoms with van der Waals surface area (Å²) in [5.41, 5.74) is -0.228. The second-order valence-electron chi connectivity index (χ2n) is 4.79. The maximum absolute atomic E-state index is 12.8. The molecule has 0 heterocycles. The maximum Gasteiger partial charge on any atom is 0.368 e. The first-order chi connectivity index (χ1) is 9.57. The van der Waals surface area contributed by atoms with E-state index in [0.29, 0.717) is 0 Å². The monoisotopic (exact) mass is 299 g/mol. The van der Waals surface area contributed by atoms with Gasteiger partial charge in [-0.1, -0.05) is 31.4 Å². The molecular formula is C13H18NO5P. The molecule has 6 nitrogen and oxygen atoms in total. The molecule has 0 N–H and O–H groups in total. The van der Waals surface area contributed by atoms with Crippen LogP contribution in [0.2, 0.25) is 0 Å². The second-order valence-corrected chi connectivity index (χ2v) is 6.84. The molecule has 0 radical (unpaired) electrons. The Bertz CT molecular complexity index is 527. The summed E-state index contributed by atoms with van der Waals surface area (Å²) < 4.78 is 23.5. The maximum atomic E-state index is 12.8. The Kier molecular flexibility index (Phi) is 4.91. The van der Waals surface area contributed by atoms with E-state index in [1.165, 1.54) is 25.3 Å². The Labute approximate surface area is 117 Å². The highest BCUT2D eigenvalue weighted by atomic mass is 31.2. The van der Waals surface area contributed by atoms with Crippen LogP contribution in [0.3, 0.4) is 0 Å². The zero-order valence-corrected chi connectivity index (χ0v) is 12.3. The van der Waals surface area contributed by atoms with Crippen LogP contribution in [0.15, 0.2) is 24.3 Å². The van der Waals surface area contributed by atoms with Crippen molar-refractivity contribution >= 4 is 18.6 Å². The molecule has 20 heavy (non-hydrogen) atoms. The molecule has 1 fully saturated rings. The molecule has 0 aliphatic heterocycles. The average Bonchev–Trinajstić information content (AvgIpc) is 2.48. The van der Waals surface area contributed by atoms with E-state index in [1.54, 1.807) is 6.07 Å². The number of rotatable bonds is 5. The van der Waals surface area contributed by atoms with E-state index in [9.17, 15) is 14.7 Å². The third kappa shape index (κ3) is 3.26. The van der Waals surface area contributed by atoms with Crippen molar-refractivity contribution in [3.8, 4) is 0 Å². The fraction of sp³-hybridized carbons (Fsp3) is 0.538. The van der Waals surface area contributed by atoms with Crippen LogP contribution in [0.5, 0.6) is 0 Å². The van der Waals surface area contributed by atoms with E-state index < -0.39 is 12.5 Å². The molecule has 1 unspecified atom stereocenters. The fourth-order valence-electron chi connectivity index (χ4n) is 2.42. The molecule has 0 spiro atoms. The molecule has 0 amide bonds. The van der Waals surface area contributed by atoms with Crippen LogP contribution in [-0.2, 0) is 13.6 Å². The number of hydrogen-bond acceptors (Lipinski definition) is 5. The van der Waals surface area contributed by atoms with Gasteiger partial charge in [-0.05, 0) is 18.9 Å².